The first-order chi connectivity index (χ1) is 1.73. The van der Waals surface area contributed by atoms with Crippen molar-refractivity contribution in [2.24, 2.45) is 0 Å². The minimum absolute atomic E-state index is 0. The molecule has 0 aliphatic carbocycles. The van der Waals surface area contributed by atoms with Crippen molar-refractivity contribution in [3.63, 3.8) is 0 Å². The standard InChI is InChI=1S/NO3.Zr/c2-1(3)4;/q-1;+4. The summed E-state index contributed by atoms with van der Waals surface area (Å²) < 4.78 is 0. The predicted molar refractivity (Wildman–Crippen MR) is 10.4 cm³/mol. The Labute approximate surface area is 47.0 Å². The third-order valence-electron chi connectivity index (χ3n) is 0. The van der Waals surface area contributed by atoms with Crippen LogP contribution in [0.3, 0.4) is 0 Å². The van der Waals surface area contributed by atoms with Crippen molar-refractivity contribution in [3.05, 3.63) is 15.3 Å². The molecule has 0 atom stereocenters. The van der Waals surface area contributed by atoms with E-state index in [4.69, 9.17) is 15.3 Å². The first kappa shape index (κ1) is 8.92. The second kappa shape index (κ2) is 4.08. The van der Waals surface area contributed by atoms with Gasteiger partial charge in [0.05, 0.1) is 5.09 Å². The van der Waals surface area contributed by atoms with E-state index in [1.807, 2.05) is 0 Å². The minimum Gasteiger partial charge on any atom is -0.356 e. The van der Waals surface area contributed by atoms with E-state index in [1.54, 1.807) is 0 Å². The predicted octanol–water partition coefficient (Wildman–Crippen LogP) is -0.242. The van der Waals surface area contributed by atoms with Crippen molar-refractivity contribution in [3.8, 4) is 0 Å². The van der Waals surface area contributed by atoms with Crippen LogP contribution in [0.1, 0.15) is 0 Å². The molecule has 4 nitrogen and oxygen atoms in total. The van der Waals surface area contributed by atoms with Crippen molar-refractivity contribution >= 4 is 0 Å². The number of nitrogens with zero attached hydrogens (tertiary/aromatic N) is 1. The van der Waals surface area contributed by atoms with Crippen LogP contribution in [-0.2, 0) is 26.2 Å². The second-order valence-corrected chi connectivity index (χ2v) is 0.224. The smallest absolute Gasteiger partial charge is 0.356 e. The van der Waals surface area contributed by atoms with E-state index >= 15 is 0 Å². The summed E-state index contributed by atoms with van der Waals surface area (Å²) in [7, 11) is 0. The quantitative estimate of drug-likeness (QED) is 0.356. The van der Waals surface area contributed by atoms with Crippen molar-refractivity contribution in [1.29, 1.82) is 0 Å². The number of hydrogen-bond donors (Lipinski definition) is 0. The molecule has 0 saturated carbocycles. The molecule has 5 heavy (non-hydrogen) atoms. The molecule has 24 valence electrons. The molecule has 0 amide bonds. The van der Waals surface area contributed by atoms with Crippen LogP contribution in [-0.4, -0.2) is 5.09 Å². The fourth-order valence-corrected chi connectivity index (χ4v) is 0. The van der Waals surface area contributed by atoms with E-state index in [-0.39, 0.29) is 26.2 Å². The molecular weight excluding hydrogens is 153 g/mol. The minimum atomic E-state index is -1.75. The molecule has 0 unspecified atom stereocenters. The van der Waals surface area contributed by atoms with Crippen molar-refractivity contribution < 1.29 is 31.3 Å². The van der Waals surface area contributed by atoms with Crippen LogP contribution in [0.4, 0.5) is 0 Å². The van der Waals surface area contributed by atoms with Gasteiger partial charge in [-0.05, 0) is 0 Å². The molecule has 0 radical (unpaired) electrons. The molecule has 0 aliphatic rings. The van der Waals surface area contributed by atoms with Gasteiger partial charge < -0.3 is 15.3 Å². The topological polar surface area (TPSA) is 66.2 Å². The van der Waals surface area contributed by atoms with Crippen LogP contribution in [0.15, 0.2) is 0 Å². The van der Waals surface area contributed by atoms with Crippen LogP contribution in [0.2, 0.25) is 0 Å². The fraction of sp³-hybridized carbons (Fsp3) is 0. The molecule has 5 heteroatoms. The van der Waals surface area contributed by atoms with Gasteiger partial charge in [-0.3, -0.25) is 0 Å². The molecular formula is NO3Zr+3. The van der Waals surface area contributed by atoms with Gasteiger partial charge in [0.25, 0.3) is 0 Å². The summed E-state index contributed by atoms with van der Waals surface area (Å²) in [5.74, 6) is 0. The average molecular weight is 153 g/mol. The maximum Gasteiger partial charge on any atom is 4.00 e. The van der Waals surface area contributed by atoms with Gasteiger partial charge in [0.15, 0.2) is 0 Å². The maximum absolute atomic E-state index is 8.25. The number of hydrogen-bond acceptors (Lipinski definition) is 3. The summed E-state index contributed by atoms with van der Waals surface area (Å²) in [5, 5.41) is 14.8. The Bertz CT molecular complexity index is 29.9. The van der Waals surface area contributed by atoms with Crippen LogP contribution in [0.25, 0.3) is 0 Å². The molecule has 0 saturated heterocycles. The third kappa shape index (κ3) is 2560. The van der Waals surface area contributed by atoms with Crippen molar-refractivity contribution in [1.82, 2.24) is 0 Å². The van der Waals surface area contributed by atoms with Gasteiger partial charge in [0.2, 0.25) is 0 Å². The van der Waals surface area contributed by atoms with Crippen LogP contribution in [0, 0.1) is 15.3 Å². The van der Waals surface area contributed by atoms with E-state index in [1.165, 1.54) is 0 Å². The molecule has 0 spiro atoms. The van der Waals surface area contributed by atoms with Gasteiger partial charge in [0.1, 0.15) is 0 Å². The summed E-state index contributed by atoms with van der Waals surface area (Å²) in [6.45, 7) is 0. The molecule has 0 aromatic heterocycles. The summed E-state index contributed by atoms with van der Waals surface area (Å²) >= 11 is 0. The molecule has 0 rings (SSSR count). The third-order valence-corrected chi connectivity index (χ3v) is 0. The van der Waals surface area contributed by atoms with Gasteiger partial charge in [-0.2, -0.15) is 0 Å². The van der Waals surface area contributed by atoms with Crippen LogP contribution in [0.5, 0.6) is 0 Å². The SMILES string of the molecule is O=[N+]([O-])[O-].[Zr+4]. The second-order valence-electron chi connectivity index (χ2n) is 0.224. The molecule has 0 bridgehead atoms. The Morgan fingerprint density at radius 3 is 1.40 bits per heavy atom. The zero-order valence-electron chi connectivity index (χ0n) is 2.17. The van der Waals surface area contributed by atoms with E-state index in [9.17, 15) is 0 Å². The van der Waals surface area contributed by atoms with Gasteiger partial charge >= 0.3 is 26.2 Å². The summed E-state index contributed by atoms with van der Waals surface area (Å²) in [6, 6.07) is 0. The molecule has 0 aromatic rings. The molecule has 0 heterocycles. The molecule has 0 aromatic carbocycles. The summed E-state index contributed by atoms with van der Waals surface area (Å²) in [5.41, 5.74) is 0. The zero-order valence-corrected chi connectivity index (χ0v) is 4.63. The largest absolute Gasteiger partial charge is 4.00 e. The molecule has 0 N–H and O–H groups in total. The Morgan fingerprint density at radius 1 is 1.40 bits per heavy atom. The van der Waals surface area contributed by atoms with Crippen molar-refractivity contribution in [2.45, 2.75) is 0 Å². The van der Waals surface area contributed by atoms with Gasteiger partial charge in [-0.25, -0.2) is 0 Å². The Kier molecular flexibility index (Phi) is 7.28. The molecule has 0 fully saturated rings. The Hall–Kier alpha value is 0.0831. The maximum atomic E-state index is 8.25. The van der Waals surface area contributed by atoms with E-state index < -0.39 is 5.09 Å². The Morgan fingerprint density at radius 2 is 1.40 bits per heavy atom. The fourth-order valence-electron chi connectivity index (χ4n) is 0. The van der Waals surface area contributed by atoms with E-state index in [0.29, 0.717) is 0 Å². The van der Waals surface area contributed by atoms with Crippen LogP contribution >= 0.6 is 0 Å². The average Bonchev–Trinajstić information content (AvgIpc) is 0.811. The van der Waals surface area contributed by atoms with Gasteiger partial charge in [0, 0.05) is 0 Å². The first-order valence-corrected chi connectivity index (χ1v) is 0.548. The molecule has 0 aliphatic heterocycles. The Balaban J connectivity index is 0. The van der Waals surface area contributed by atoms with Crippen LogP contribution < -0.4 is 0 Å². The monoisotopic (exact) mass is 152 g/mol. The van der Waals surface area contributed by atoms with E-state index in [0.717, 1.165) is 0 Å². The van der Waals surface area contributed by atoms with Gasteiger partial charge in [-0.1, -0.05) is 0 Å². The zero-order chi connectivity index (χ0) is 3.58. The number of rotatable bonds is 0. The first-order valence-electron chi connectivity index (χ1n) is 0.548. The summed E-state index contributed by atoms with van der Waals surface area (Å²) in [6.07, 6.45) is 0. The van der Waals surface area contributed by atoms with Gasteiger partial charge in [-0.15, -0.1) is 0 Å². The van der Waals surface area contributed by atoms with Crippen molar-refractivity contribution in [2.75, 3.05) is 0 Å². The normalized spacial score (nSPS) is 4.80. The summed E-state index contributed by atoms with van der Waals surface area (Å²) in [4.78, 5) is 8.25. The van der Waals surface area contributed by atoms with E-state index in [2.05, 4.69) is 0 Å².